The summed E-state index contributed by atoms with van der Waals surface area (Å²) in [4.78, 5) is 14.3. The highest BCUT2D eigenvalue weighted by Gasteiger charge is 2.30. The lowest BCUT2D eigenvalue weighted by Crippen LogP contribution is -2.51. The molecule has 0 saturated carbocycles. The van der Waals surface area contributed by atoms with Crippen LogP contribution in [0.1, 0.15) is 26.7 Å². The first-order valence-corrected chi connectivity index (χ1v) is 6.82. The van der Waals surface area contributed by atoms with Gasteiger partial charge in [0.25, 0.3) is 0 Å². The average molecular weight is 246 g/mol. The maximum atomic E-state index is 12.3. The molecule has 1 fully saturated rings. The Hall–Kier alpha value is -1.35. The molecule has 0 spiro atoms. The Balaban J connectivity index is 2.27. The van der Waals surface area contributed by atoms with Crippen LogP contribution in [0.3, 0.4) is 0 Å². The number of carbonyl (C=O) groups is 1. The Morgan fingerprint density at radius 3 is 2.72 bits per heavy atom. The summed E-state index contributed by atoms with van der Waals surface area (Å²) in [5.74, 6) is 0.717. The van der Waals surface area contributed by atoms with Crippen molar-refractivity contribution in [3.8, 4) is 0 Å². The van der Waals surface area contributed by atoms with Crippen molar-refractivity contribution in [1.82, 2.24) is 5.32 Å². The molecule has 0 bridgehead atoms. The van der Waals surface area contributed by atoms with Gasteiger partial charge < -0.3 is 10.2 Å². The second-order valence-corrected chi connectivity index (χ2v) is 4.99. The molecule has 1 aliphatic heterocycles. The first kappa shape index (κ1) is 13.1. The quantitative estimate of drug-likeness (QED) is 0.888. The SMILES string of the molecule is CCC(=O)N(c1ccccc1)[C@@H]1CCNC[C@H]1C. The zero-order valence-corrected chi connectivity index (χ0v) is 11.2. The highest BCUT2D eigenvalue weighted by atomic mass is 16.2. The topological polar surface area (TPSA) is 32.3 Å². The van der Waals surface area contributed by atoms with Crippen LogP contribution in [-0.2, 0) is 4.79 Å². The van der Waals surface area contributed by atoms with E-state index in [0.29, 0.717) is 18.4 Å². The number of amides is 1. The summed E-state index contributed by atoms with van der Waals surface area (Å²) in [7, 11) is 0. The van der Waals surface area contributed by atoms with Crippen LogP contribution in [0.15, 0.2) is 30.3 Å². The van der Waals surface area contributed by atoms with Crippen molar-refractivity contribution in [1.29, 1.82) is 0 Å². The third-order valence-electron chi connectivity index (χ3n) is 3.68. The molecule has 1 N–H and O–H groups in total. The van der Waals surface area contributed by atoms with E-state index in [2.05, 4.69) is 12.2 Å². The molecule has 3 nitrogen and oxygen atoms in total. The Morgan fingerprint density at radius 1 is 1.39 bits per heavy atom. The lowest BCUT2D eigenvalue weighted by molar-refractivity contribution is -0.119. The maximum Gasteiger partial charge on any atom is 0.226 e. The number of para-hydroxylation sites is 1. The predicted octanol–water partition coefficient (Wildman–Crippen LogP) is 2.43. The van der Waals surface area contributed by atoms with E-state index < -0.39 is 0 Å². The van der Waals surface area contributed by atoms with Gasteiger partial charge in [-0.25, -0.2) is 0 Å². The predicted molar refractivity (Wildman–Crippen MR) is 74.7 cm³/mol. The molecule has 18 heavy (non-hydrogen) atoms. The molecule has 0 aromatic heterocycles. The van der Waals surface area contributed by atoms with Gasteiger partial charge >= 0.3 is 0 Å². The van der Waals surface area contributed by atoms with Gasteiger partial charge in [-0.05, 0) is 37.6 Å². The molecule has 1 saturated heterocycles. The van der Waals surface area contributed by atoms with Crippen molar-refractivity contribution in [2.24, 2.45) is 5.92 Å². The van der Waals surface area contributed by atoms with Gasteiger partial charge in [0, 0.05) is 18.2 Å². The van der Waals surface area contributed by atoms with Crippen LogP contribution in [0.25, 0.3) is 0 Å². The Kier molecular flexibility index (Phi) is 4.37. The summed E-state index contributed by atoms with van der Waals surface area (Å²) in [6, 6.07) is 10.4. The number of hydrogen-bond acceptors (Lipinski definition) is 2. The monoisotopic (exact) mass is 246 g/mol. The first-order valence-electron chi connectivity index (χ1n) is 6.82. The third kappa shape index (κ3) is 2.72. The summed E-state index contributed by atoms with van der Waals surface area (Å²) < 4.78 is 0. The normalized spacial score (nSPS) is 23.7. The number of nitrogens with zero attached hydrogens (tertiary/aromatic N) is 1. The van der Waals surface area contributed by atoms with E-state index >= 15 is 0 Å². The van der Waals surface area contributed by atoms with Crippen LogP contribution in [0.4, 0.5) is 5.69 Å². The van der Waals surface area contributed by atoms with Gasteiger partial charge in [-0.1, -0.05) is 32.0 Å². The standard InChI is InChI=1S/C15H22N2O/c1-3-15(18)17(13-7-5-4-6-8-13)14-9-10-16-11-12(14)2/h4-8,12,14,16H,3,9-11H2,1-2H3/t12-,14-/m1/s1. The van der Waals surface area contributed by atoms with Crippen LogP contribution in [0.5, 0.6) is 0 Å². The zero-order chi connectivity index (χ0) is 13.0. The number of anilines is 1. The van der Waals surface area contributed by atoms with Crippen LogP contribution >= 0.6 is 0 Å². The number of carbonyl (C=O) groups excluding carboxylic acids is 1. The van der Waals surface area contributed by atoms with Crippen LogP contribution < -0.4 is 10.2 Å². The van der Waals surface area contributed by atoms with E-state index in [-0.39, 0.29) is 5.91 Å². The summed E-state index contributed by atoms with van der Waals surface area (Å²) in [6.07, 6.45) is 1.59. The van der Waals surface area contributed by atoms with E-state index in [1.807, 2.05) is 42.2 Å². The lowest BCUT2D eigenvalue weighted by atomic mass is 9.93. The Morgan fingerprint density at radius 2 is 2.11 bits per heavy atom. The van der Waals surface area contributed by atoms with Gasteiger partial charge in [0.05, 0.1) is 0 Å². The second-order valence-electron chi connectivity index (χ2n) is 4.99. The minimum absolute atomic E-state index is 0.222. The number of benzene rings is 1. The van der Waals surface area contributed by atoms with Gasteiger partial charge in [-0.3, -0.25) is 4.79 Å². The molecule has 1 aromatic rings. The fourth-order valence-corrected chi connectivity index (χ4v) is 2.66. The molecule has 0 aliphatic carbocycles. The molecular formula is C15H22N2O. The molecule has 98 valence electrons. The van der Waals surface area contributed by atoms with Crippen molar-refractivity contribution in [2.45, 2.75) is 32.7 Å². The van der Waals surface area contributed by atoms with Crippen molar-refractivity contribution in [3.05, 3.63) is 30.3 Å². The molecular weight excluding hydrogens is 224 g/mol. The van der Waals surface area contributed by atoms with Crippen molar-refractivity contribution >= 4 is 11.6 Å². The molecule has 2 rings (SSSR count). The number of piperidine rings is 1. The van der Waals surface area contributed by atoms with Crippen molar-refractivity contribution in [3.63, 3.8) is 0 Å². The van der Waals surface area contributed by atoms with Gasteiger partial charge in [0.15, 0.2) is 0 Å². The molecule has 0 unspecified atom stereocenters. The largest absolute Gasteiger partial charge is 0.316 e. The fourth-order valence-electron chi connectivity index (χ4n) is 2.66. The number of nitrogens with one attached hydrogen (secondary N) is 1. The summed E-state index contributed by atoms with van der Waals surface area (Å²) >= 11 is 0. The Labute approximate surface area is 109 Å². The number of hydrogen-bond donors (Lipinski definition) is 1. The van der Waals surface area contributed by atoms with Crippen LogP contribution in [0, 0.1) is 5.92 Å². The first-order chi connectivity index (χ1) is 8.74. The smallest absolute Gasteiger partial charge is 0.226 e. The van der Waals surface area contributed by atoms with E-state index in [4.69, 9.17) is 0 Å². The number of rotatable bonds is 3. The second kappa shape index (κ2) is 6.01. The van der Waals surface area contributed by atoms with Gasteiger partial charge in [-0.15, -0.1) is 0 Å². The minimum Gasteiger partial charge on any atom is -0.316 e. The Bertz CT molecular complexity index is 391. The summed E-state index contributed by atoms with van der Waals surface area (Å²) in [6.45, 7) is 6.14. The molecule has 1 aliphatic rings. The highest BCUT2D eigenvalue weighted by Crippen LogP contribution is 2.25. The van der Waals surface area contributed by atoms with Crippen LogP contribution in [0.2, 0.25) is 0 Å². The average Bonchev–Trinajstić information content (AvgIpc) is 2.42. The fraction of sp³-hybridized carbons (Fsp3) is 0.533. The van der Waals surface area contributed by atoms with Crippen LogP contribution in [-0.4, -0.2) is 25.0 Å². The van der Waals surface area contributed by atoms with Crippen molar-refractivity contribution in [2.75, 3.05) is 18.0 Å². The zero-order valence-electron chi connectivity index (χ0n) is 11.2. The van der Waals surface area contributed by atoms with Gasteiger partial charge in [-0.2, -0.15) is 0 Å². The molecule has 0 radical (unpaired) electrons. The molecule has 2 atom stereocenters. The molecule has 3 heteroatoms. The van der Waals surface area contributed by atoms with E-state index in [1.54, 1.807) is 0 Å². The molecule has 1 aromatic carbocycles. The summed E-state index contributed by atoms with van der Waals surface area (Å²) in [5.41, 5.74) is 1.03. The highest BCUT2D eigenvalue weighted by molar-refractivity contribution is 5.93. The van der Waals surface area contributed by atoms with E-state index in [9.17, 15) is 4.79 Å². The third-order valence-corrected chi connectivity index (χ3v) is 3.68. The van der Waals surface area contributed by atoms with E-state index in [1.165, 1.54) is 0 Å². The lowest BCUT2D eigenvalue weighted by Gasteiger charge is -2.39. The van der Waals surface area contributed by atoms with Gasteiger partial charge in [0.2, 0.25) is 5.91 Å². The molecule has 1 heterocycles. The van der Waals surface area contributed by atoms with Gasteiger partial charge in [0.1, 0.15) is 0 Å². The summed E-state index contributed by atoms with van der Waals surface area (Å²) in [5, 5.41) is 3.39. The van der Waals surface area contributed by atoms with Crippen molar-refractivity contribution < 1.29 is 4.79 Å². The molecule has 1 amide bonds. The van der Waals surface area contributed by atoms with E-state index in [0.717, 1.165) is 25.2 Å². The maximum absolute atomic E-state index is 12.3. The minimum atomic E-state index is 0.222.